The number of carbonyl (C=O) groups is 1. The monoisotopic (exact) mass is 363 g/mol. The number of hydrogen-bond acceptors (Lipinski definition) is 6. The summed E-state index contributed by atoms with van der Waals surface area (Å²) in [4.78, 5) is 18.1. The normalized spacial score (nSPS) is 12.1. The van der Waals surface area contributed by atoms with Crippen molar-refractivity contribution in [3.8, 4) is 11.5 Å². The lowest BCUT2D eigenvalue weighted by molar-refractivity contribution is 0.111. The summed E-state index contributed by atoms with van der Waals surface area (Å²) in [6.45, 7) is -0.0271. The first-order chi connectivity index (χ1) is 12.0. The lowest BCUT2D eigenvalue weighted by atomic mass is 10.2. The largest absolute Gasteiger partial charge is 0.768 e. The van der Waals surface area contributed by atoms with E-state index in [0.717, 1.165) is 6.07 Å². The highest BCUT2D eigenvalue weighted by Gasteiger charge is 2.12. The Labute approximate surface area is 144 Å². The molecule has 130 valence electrons. The van der Waals surface area contributed by atoms with E-state index in [4.69, 9.17) is 9.47 Å². The maximum Gasteiger partial charge on any atom is 0.164 e. The molecule has 1 unspecified atom stereocenters. The number of aromatic nitrogens is 2. The Balaban J connectivity index is 1.84. The lowest BCUT2D eigenvalue weighted by Gasteiger charge is -2.10. The first kappa shape index (κ1) is 17.1. The van der Waals surface area contributed by atoms with Gasteiger partial charge in [-0.1, -0.05) is 0 Å². The molecule has 0 aliphatic carbocycles. The Morgan fingerprint density at radius 2 is 2.12 bits per heavy atom. The molecule has 0 aliphatic rings. The Hall–Kier alpha value is -2.78. The van der Waals surface area contributed by atoms with Gasteiger partial charge in [-0.3, -0.25) is 9.00 Å². The minimum Gasteiger partial charge on any atom is -0.768 e. The summed E-state index contributed by atoms with van der Waals surface area (Å²) in [6.07, 6.45) is 0.387. The van der Waals surface area contributed by atoms with Crippen LogP contribution in [0.5, 0.6) is 11.5 Å². The van der Waals surface area contributed by atoms with Crippen LogP contribution in [-0.2, 0) is 17.7 Å². The number of aromatic amines is 1. The maximum atomic E-state index is 13.7. The number of nitrogens with one attached hydrogen (secondary N) is 1. The van der Waals surface area contributed by atoms with Gasteiger partial charge < -0.3 is 19.0 Å². The molecule has 0 amide bonds. The smallest absolute Gasteiger partial charge is 0.164 e. The van der Waals surface area contributed by atoms with Crippen molar-refractivity contribution < 1.29 is 27.4 Å². The van der Waals surface area contributed by atoms with Crippen LogP contribution in [0.15, 0.2) is 35.2 Å². The van der Waals surface area contributed by atoms with Gasteiger partial charge in [-0.25, -0.2) is 9.37 Å². The second-order valence-corrected chi connectivity index (χ2v) is 5.97. The quantitative estimate of drug-likeness (QED) is 0.532. The Morgan fingerprint density at radius 1 is 1.32 bits per heavy atom. The van der Waals surface area contributed by atoms with Crippen molar-refractivity contribution in [2.24, 2.45) is 0 Å². The number of carbonyl (C=O) groups excluding carboxylic acids is 1. The SMILES string of the molecule is COc1cc(C=O)c(F)cc1OCc1nc2ccc(S(=O)[O-])cc2[nH]1. The predicted octanol–water partition coefficient (Wildman–Crippen LogP) is 2.34. The molecule has 9 heteroatoms. The van der Waals surface area contributed by atoms with Gasteiger partial charge >= 0.3 is 0 Å². The molecule has 0 bridgehead atoms. The number of nitrogens with zero attached hydrogens (tertiary/aromatic N) is 1. The molecule has 3 rings (SSSR count). The molecule has 25 heavy (non-hydrogen) atoms. The molecule has 1 atom stereocenters. The second kappa shape index (κ2) is 6.99. The van der Waals surface area contributed by atoms with Crippen LogP contribution in [-0.4, -0.2) is 32.1 Å². The zero-order chi connectivity index (χ0) is 18.0. The van der Waals surface area contributed by atoms with Crippen LogP contribution < -0.4 is 9.47 Å². The summed E-state index contributed by atoms with van der Waals surface area (Å²) in [5, 5.41) is 0. The third-order valence-electron chi connectivity index (χ3n) is 3.47. The molecule has 1 aromatic heterocycles. The fourth-order valence-corrected chi connectivity index (χ4v) is 2.67. The number of fused-ring (bicyclic) bond motifs is 1. The predicted molar refractivity (Wildman–Crippen MR) is 86.0 cm³/mol. The van der Waals surface area contributed by atoms with Crippen LogP contribution in [0, 0.1) is 5.82 Å². The van der Waals surface area contributed by atoms with Crippen LogP contribution in [0.2, 0.25) is 0 Å². The number of hydrogen-bond donors (Lipinski definition) is 1. The molecule has 2 aromatic carbocycles. The van der Waals surface area contributed by atoms with E-state index in [1.54, 1.807) is 6.07 Å². The summed E-state index contributed by atoms with van der Waals surface area (Å²) < 4.78 is 46.3. The van der Waals surface area contributed by atoms with E-state index >= 15 is 0 Å². The number of ether oxygens (including phenoxy) is 2. The summed E-state index contributed by atoms with van der Waals surface area (Å²) in [6, 6.07) is 6.76. The van der Waals surface area contributed by atoms with Crippen LogP contribution >= 0.6 is 0 Å². The average Bonchev–Trinajstić information content (AvgIpc) is 3.01. The molecular weight excluding hydrogens is 351 g/mol. The van der Waals surface area contributed by atoms with Crippen molar-refractivity contribution >= 4 is 28.4 Å². The summed E-state index contributed by atoms with van der Waals surface area (Å²) in [7, 11) is 1.38. The van der Waals surface area contributed by atoms with Crippen molar-refractivity contribution in [2.45, 2.75) is 11.5 Å². The molecule has 1 N–H and O–H groups in total. The van der Waals surface area contributed by atoms with E-state index in [2.05, 4.69) is 9.97 Å². The third kappa shape index (κ3) is 3.52. The van der Waals surface area contributed by atoms with Gasteiger partial charge in [0.15, 0.2) is 17.8 Å². The van der Waals surface area contributed by atoms with Crippen molar-refractivity contribution in [3.05, 3.63) is 47.5 Å². The van der Waals surface area contributed by atoms with Crippen molar-refractivity contribution in [3.63, 3.8) is 0 Å². The lowest BCUT2D eigenvalue weighted by Crippen LogP contribution is -2.01. The van der Waals surface area contributed by atoms with Gasteiger partial charge in [-0.2, -0.15) is 0 Å². The topological polar surface area (TPSA) is 104 Å². The van der Waals surface area contributed by atoms with E-state index in [-0.39, 0.29) is 28.6 Å². The second-order valence-electron chi connectivity index (χ2n) is 5.03. The molecule has 1 heterocycles. The van der Waals surface area contributed by atoms with Crippen molar-refractivity contribution in [1.29, 1.82) is 0 Å². The highest BCUT2D eigenvalue weighted by molar-refractivity contribution is 7.79. The molecular formula is C16H12FN2O5S-. The number of rotatable bonds is 6. The van der Waals surface area contributed by atoms with Gasteiger partial charge in [0.05, 0.1) is 23.7 Å². The van der Waals surface area contributed by atoms with Crippen molar-refractivity contribution in [1.82, 2.24) is 9.97 Å². The zero-order valence-electron chi connectivity index (χ0n) is 12.9. The van der Waals surface area contributed by atoms with E-state index < -0.39 is 16.9 Å². The van der Waals surface area contributed by atoms with E-state index in [1.165, 1.54) is 25.3 Å². The minimum atomic E-state index is -2.34. The first-order valence-electron chi connectivity index (χ1n) is 7.05. The number of H-pyrrole nitrogens is 1. The fraction of sp³-hybridized carbons (Fsp3) is 0.125. The third-order valence-corrected chi connectivity index (χ3v) is 4.11. The van der Waals surface area contributed by atoms with Crippen LogP contribution in [0.3, 0.4) is 0 Å². The molecule has 0 radical (unpaired) electrons. The Morgan fingerprint density at radius 3 is 2.80 bits per heavy atom. The number of benzene rings is 2. The number of imidazole rings is 1. The van der Waals surface area contributed by atoms with Crippen molar-refractivity contribution in [2.75, 3.05) is 7.11 Å². The van der Waals surface area contributed by atoms with Gasteiger partial charge in [0.25, 0.3) is 0 Å². The zero-order valence-corrected chi connectivity index (χ0v) is 13.8. The fourth-order valence-electron chi connectivity index (χ4n) is 2.27. The van der Waals surface area contributed by atoms with E-state index in [0.29, 0.717) is 23.1 Å². The molecule has 0 fully saturated rings. The highest BCUT2D eigenvalue weighted by atomic mass is 32.2. The van der Waals surface area contributed by atoms with Gasteiger partial charge in [-0.05, 0) is 35.3 Å². The standard InChI is InChI=1S/C16H13FN2O5S/c1-23-14-4-9(7-20)11(17)6-15(14)24-8-16-18-12-3-2-10(25(21)22)5-13(12)19-16/h2-7H,8H2,1H3,(H,18,19)(H,21,22)/p-1. The number of aldehydes is 1. The maximum absolute atomic E-state index is 13.7. The van der Waals surface area contributed by atoms with Crippen LogP contribution in [0.1, 0.15) is 16.2 Å². The summed E-state index contributed by atoms with van der Waals surface area (Å²) in [5.41, 5.74) is 0.975. The van der Waals surface area contributed by atoms with E-state index in [1.807, 2.05) is 0 Å². The molecule has 7 nitrogen and oxygen atoms in total. The van der Waals surface area contributed by atoms with E-state index in [9.17, 15) is 17.9 Å². The number of halogens is 1. The molecule has 0 spiro atoms. The molecule has 0 saturated heterocycles. The van der Waals surface area contributed by atoms with Gasteiger partial charge in [0.2, 0.25) is 0 Å². The molecule has 0 aliphatic heterocycles. The molecule has 3 aromatic rings. The minimum absolute atomic E-state index is 0.0271. The first-order valence-corrected chi connectivity index (χ1v) is 8.12. The van der Waals surface area contributed by atoms with Gasteiger partial charge in [0.1, 0.15) is 18.2 Å². The van der Waals surface area contributed by atoms with Crippen LogP contribution in [0.25, 0.3) is 11.0 Å². The Kier molecular flexibility index (Phi) is 4.77. The summed E-state index contributed by atoms with van der Waals surface area (Å²) in [5.74, 6) is 0.0276. The van der Waals surface area contributed by atoms with Crippen LogP contribution in [0.4, 0.5) is 4.39 Å². The van der Waals surface area contributed by atoms with Gasteiger partial charge in [-0.15, -0.1) is 0 Å². The molecule has 0 saturated carbocycles. The van der Waals surface area contributed by atoms with Gasteiger partial charge in [0, 0.05) is 11.0 Å². The highest BCUT2D eigenvalue weighted by Crippen LogP contribution is 2.30. The summed E-state index contributed by atoms with van der Waals surface area (Å²) >= 11 is -2.34. The number of methoxy groups -OCH3 is 1. The Bertz CT molecular complexity index is 973. The average molecular weight is 363 g/mol.